The molecule has 1 aromatic rings. The van der Waals surface area contributed by atoms with E-state index in [9.17, 15) is 13.2 Å². The summed E-state index contributed by atoms with van der Waals surface area (Å²) in [5.41, 5.74) is 1.38. The van der Waals surface area contributed by atoms with Crippen molar-refractivity contribution in [2.45, 2.75) is 64.8 Å². The Hall–Kier alpha value is -1.57. The third kappa shape index (κ3) is 3.43. The second kappa shape index (κ2) is 5.75. The van der Waals surface area contributed by atoms with Crippen molar-refractivity contribution in [1.29, 1.82) is 0 Å². The van der Waals surface area contributed by atoms with Crippen LogP contribution < -0.4 is 0 Å². The second-order valence-electron chi connectivity index (χ2n) is 7.69. The summed E-state index contributed by atoms with van der Waals surface area (Å²) in [5.74, 6) is 0.448. The highest BCUT2D eigenvalue weighted by atomic mass is 32.2. The van der Waals surface area contributed by atoms with E-state index in [1.807, 2.05) is 38.6 Å². The molecule has 2 aliphatic rings. The average molecular weight is 355 g/mol. The molecule has 1 fully saturated rings. The van der Waals surface area contributed by atoms with E-state index < -0.39 is 15.4 Å². The Morgan fingerprint density at radius 3 is 2.46 bits per heavy atom. The molecule has 0 aromatic carbocycles. The molecule has 0 aliphatic carbocycles. The number of fused-ring (bicyclic) bond motifs is 1. The van der Waals surface area contributed by atoms with Gasteiger partial charge in [0.25, 0.3) is 0 Å². The molecule has 7 nitrogen and oxygen atoms in total. The lowest BCUT2D eigenvalue weighted by molar-refractivity contribution is 0.0183. The van der Waals surface area contributed by atoms with Gasteiger partial charge in [0.1, 0.15) is 15.4 Å². The van der Waals surface area contributed by atoms with Crippen molar-refractivity contribution in [2.24, 2.45) is 0 Å². The lowest BCUT2D eigenvalue weighted by Gasteiger charge is -2.27. The summed E-state index contributed by atoms with van der Waals surface area (Å²) in [6.45, 7) is 7.97. The van der Waals surface area contributed by atoms with Gasteiger partial charge in [0, 0.05) is 11.8 Å². The van der Waals surface area contributed by atoms with Crippen molar-refractivity contribution in [3.05, 3.63) is 17.5 Å². The summed E-state index contributed by atoms with van der Waals surface area (Å²) in [6, 6.07) is -0.00951. The highest BCUT2D eigenvalue weighted by molar-refractivity contribution is 7.91. The SMILES string of the molecule is C[C@H]1c2nn(C3CCS(=O)(=O)CC3)cc2CN1C(=O)OC(C)(C)C. The van der Waals surface area contributed by atoms with Crippen LogP contribution in [-0.4, -0.2) is 46.3 Å². The Kier molecular flexibility index (Phi) is 4.14. The number of amides is 1. The normalized spacial score (nSPS) is 24.0. The largest absolute Gasteiger partial charge is 0.444 e. The van der Waals surface area contributed by atoms with Crippen LogP contribution in [0.1, 0.15) is 63.9 Å². The first-order chi connectivity index (χ1) is 11.1. The van der Waals surface area contributed by atoms with Gasteiger partial charge < -0.3 is 4.74 Å². The van der Waals surface area contributed by atoms with Crippen LogP contribution in [0.4, 0.5) is 4.79 Å². The van der Waals surface area contributed by atoms with Gasteiger partial charge in [-0.2, -0.15) is 5.10 Å². The van der Waals surface area contributed by atoms with Crippen LogP contribution in [0.15, 0.2) is 6.20 Å². The summed E-state index contributed by atoms with van der Waals surface area (Å²) < 4.78 is 30.5. The first-order valence-corrected chi connectivity index (χ1v) is 10.2. The van der Waals surface area contributed by atoms with Gasteiger partial charge in [-0.3, -0.25) is 9.58 Å². The van der Waals surface area contributed by atoms with Gasteiger partial charge in [0.05, 0.1) is 35.8 Å². The summed E-state index contributed by atoms with van der Waals surface area (Å²) in [5, 5.41) is 4.64. The third-order valence-electron chi connectivity index (χ3n) is 4.57. The minimum absolute atomic E-state index is 0.126. The molecule has 0 unspecified atom stereocenters. The fourth-order valence-electron chi connectivity index (χ4n) is 3.26. The maximum Gasteiger partial charge on any atom is 0.411 e. The molecule has 1 amide bonds. The number of nitrogens with zero attached hydrogens (tertiary/aromatic N) is 3. The van der Waals surface area contributed by atoms with Crippen LogP contribution in [0.3, 0.4) is 0 Å². The van der Waals surface area contributed by atoms with E-state index in [2.05, 4.69) is 5.10 Å². The Morgan fingerprint density at radius 2 is 1.92 bits per heavy atom. The Morgan fingerprint density at radius 1 is 1.29 bits per heavy atom. The van der Waals surface area contributed by atoms with Gasteiger partial charge in [-0.1, -0.05) is 0 Å². The molecule has 8 heteroatoms. The highest BCUT2D eigenvalue weighted by Gasteiger charge is 2.37. The summed E-state index contributed by atoms with van der Waals surface area (Å²) in [6.07, 6.45) is 2.84. The molecule has 3 heterocycles. The molecule has 0 saturated carbocycles. The molecule has 0 bridgehead atoms. The second-order valence-corrected chi connectivity index (χ2v) is 9.99. The van der Waals surface area contributed by atoms with E-state index in [0.29, 0.717) is 19.4 Å². The topological polar surface area (TPSA) is 81.5 Å². The lowest BCUT2D eigenvalue weighted by atomic mass is 10.1. The van der Waals surface area contributed by atoms with E-state index in [-0.39, 0.29) is 29.7 Å². The number of carbonyl (C=O) groups is 1. The average Bonchev–Trinajstić information content (AvgIpc) is 2.97. The van der Waals surface area contributed by atoms with Crippen LogP contribution in [0.25, 0.3) is 0 Å². The first-order valence-electron chi connectivity index (χ1n) is 8.34. The van der Waals surface area contributed by atoms with Crippen molar-refractivity contribution in [3.63, 3.8) is 0 Å². The summed E-state index contributed by atoms with van der Waals surface area (Å²) in [4.78, 5) is 14.0. The fourth-order valence-corrected chi connectivity index (χ4v) is 4.72. The molecule has 1 saturated heterocycles. The lowest BCUT2D eigenvalue weighted by Crippen LogP contribution is -2.35. The Labute approximate surface area is 142 Å². The zero-order valence-corrected chi connectivity index (χ0v) is 15.5. The number of ether oxygens (including phenoxy) is 1. The van der Waals surface area contributed by atoms with Crippen LogP contribution in [0.2, 0.25) is 0 Å². The van der Waals surface area contributed by atoms with Gasteiger partial charge in [-0.25, -0.2) is 13.2 Å². The van der Waals surface area contributed by atoms with Gasteiger partial charge in [0.2, 0.25) is 0 Å². The molecule has 1 atom stereocenters. The maximum absolute atomic E-state index is 12.3. The predicted molar refractivity (Wildman–Crippen MR) is 89.3 cm³/mol. The smallest absolute Gasteiger partial charge is 0.411 e. The molecule has 0 spiro atoms. The molecular weight excluding hydrogens is 330 g/mol. The molecular formula is C16H25N3O4S. The number of carbonyl (C=O) groups excluding carboxylic acids is 1. The number of hydrogen-bond acceptors (Lipinski definition) is 5. The fraction of sp³-hybridized carbons (Fsp3) is 0.750. The molecule has 134 valence electrons. The van der Waals surface area contributed by atoms with Crippen LogP contribution in [-0.2, 0) is 21.1 Å². The van der Waals surface area contributed by atoms with Crippen molar-refractivity contribution in [2.75, 3.05) is 11.5 Å². The zero-order valence-electron chi connectivity index (χ0n) is 14.7. The third-order valence-corrected chi connectivity index (χ3v) is 6.29. The standard InChI is InChI=1S/C16H25N3O4S/c1-11-14-12(9-18(11)15(20)23-16(2,3)4)10-19(17-14)13-5-7-24(21,22)8-6-13/h10-11,13H,5-9H2,1-4H3/t11-/m0/s1. The van der Waals surface area contributed by atoms with E-state index in [4.69, 9.17) is 4.74 Å². The zero-order chi connectivity index (χ0) is 17.7. The molecule has 2 aliphatic heterocycles. The molecule has 0 radical (unpaired) electrons. The minimum atomic E-state index is -2.88. The number of sulfone groups is 1. The summed E-state index contributed by atoms with van der Waals surface area (Å²) in [7, 11) is -2.88. The molecule has 24 heavy (non-hydrogen) atoms. The summed E-state index contributed by atoms with van der Waals surface area (Å²) >= 11 is 0. The highest BCUT2D eigenvalue weighted by Crippen LogP contribution is 2.35. The number of hydrogen-bond donors (Lipinski definition) is 0. The molecule has 3 rings (SSSR count). The van der Waals surface area contributed by atoms with Crippen molar-refractivity contribution in [1.82, 2.24) is 14.7 Å². The van der Waals surface area contributed by atoms with Gasteiger partial charge in [0.15, 0.2) is 0 Å². The van der Waals surface area contributed by atoms with Crippen molar-refractivity contribution < 1.29 is 17.9 Å². The minimum Gasteiger partial charge on any atom is -0.444 e. The van der Waals surface area contributed by atoms with Crippen molar-refractivity contribution in [3.8, 4) is 0 Å². The van der Waals surface area contributed by atoms with Gasteiger partial charge in [-0.05, 0) is 40.5 Å². The van der Waals surface area contributed by atoms with Crippen molar-refractivity contribution >= 4 is 15.9 Å². The van der Waals surface area contributed by atoms with E-state index in [1.54, 1.807) is 4.90 Å². The maximum atomic E-state index is 12.3. The quantitative estimate of drug-likeness (QED) is 0.773. The van der Waals surface area contributed by atoms with Gasteiger partial charge >= 0.3 is 6.09 Å². The number of aromatic nitrogens is 2. The molecule has 0 N–H and O–H groups in total. The number of rotatable bonds is 1. The van der Waals surface area contributed by atoms with E-state index in [1.165, 1.54) is 0 Å². The van der Waals surface area contributed by atoms with Crippen LogP contribution >= 0.6 is 0 Å². The Bertz CT molecular complexity index is 734. The Balaban J connectivity index is 1.71. The monoisotopic (exact) mass is 355 g/mol. The first kappa shape index (κ1) is 17.3. The van der Waals surface area contributed by atoms with E-state index in [0.717, 1.165) is 11.3 Å². The molecule has 1 aromatic heterocycles. The van der Waals surface area contributed by atoms with Gasteiger partial charge in [-0.15, -0.1) is 0 Å². The van der Waals surface area contributed by atoms with Crippen LogP contribution in [0.5, 0.6) is 0 Å². The van der Waals surface area contributed by atoms with Crippen LogP contribution in [0, 0.1) is 0 Å². The predicted octanol–water partition coefficient (Wildman–Crippen LogP) is 2.44. The van der Waals surface area contributed by atoms with E-state index >= 15 is 0 Å².